The van der Waals surface area contributed by atoms with Gasteiger partial charge in [-0.2, -0.15) is 0 Å². The lowest BCUT2D eigenvalue weighted by molar-refractivity contribution is 0.141. The molecule has 0 bridgehead atoms. The second-order valence-corrected chi connectivity index (χ2v) is 6.76. The van der Waals surface area contributed by atoms with E-state index in [4.69, 9.17) is 10.5 Å². The molecule has 1 aromatic rings. The molecule has 0 atom stereocenters. The monoisotopic (exact) mass is 313 g/mol. The van der Waals surface area contributed by atoms with E-state index in [1.54, 1.807) is 18.2 Å². The predicted molar refractivity (Wildman–Crippen MR) is 82.8 cm³/mol. The molecule has 0 aliphatic heterocycles. The van der Waals surface area contributed by atoms with Gasteiger partial charge in [0.15, 0.2) is 0 Å². The van der Waals surface area contributed by atoms with Crippen LogP contribution in [-0.2, 0) is 14.8 Å². The first-order valence-corrected chi connectivity index (χ1v) is 8.75. The molecule has 0 aromatic heterocycles. The van der Waals surface area contributed by atoms with Gasteiger partial charge in [-0.05, 0) is 31.4 Å². The van der Waals surface area contributed by atoms with Gasteiger partial charge >= 0.3 is 0 Å². The normalized spacial score (nSPS) is 15.1. The molecule has 2 rings (SSSR count). The van der Waals surface area contributed by atoms with Gasteiger partial charge in [-0.25, -0.2) is 13.1 Å². The zero-order chi connectivity index (χ0) is 15.1. The smallest absolute Gasteiger partial charge is 0.242 e. The van der Waals surface area contributed by atoms with Crippen molar-refractivity contribution in [2.45, 2.75) is 30.2 Å². The minimum absolute atomic E-state index is 0.104. The Morgan fingerprint density at radius 2 is 2.00 bits per heavy atom. The van der Waals surface area contributed by atoms with Crippen molar-refractivity contribution in [3.05, 3.63) is 24.3 Å². The summed E-state index contributed by atoms with van der Waals surface area (Å²) in [5.41, 5.74) is 5.96. The van der Waals surface area contributed by atoms with Gasteiger partial charge < -0.3 is 15.8 Å². The molecule has 0 heterocycles. The Labute approximate surface area is 126 Å². The number of hydrogen-bond acceptors (Lipinski definition) is 5. The summed E-state index contributed by atoms with van der Waals surface area (Å²) in [6, 6.07) is 7.06. The predicted octanol–water partition coefficient (Wildman–Crippen LogP) is 0.905. The van der Waals surface area contributed by atoms with Crippen LogP contribution in [0.1, 0.15) is 19.3 Å². The third-order valence-corrected chi connectivity index (χ3v) is 4.70. The average molecular weight is 313 g/mol. The van der Waals surface area contributed by atoms with Gasteiger partial charge in [-0.15, -0.1) is 0 Å². The Morgan fingerprint density at radius 3 is 2.71 bits per heavy atom. The fraction of sp³-hybridized carbons (Fsp3) is 0.571. The molecule has 118 valence electrons. The number of benzene rings is 1. The van der Waals surface area contributed by atoms with E-state index in [0.717, 1.165) is 19.3 Å². The van der Waals surface area contributed by atoms with E-state index >= 15 is 0 Å². The zero-order valence-corrected chi connectivity index (χ0v) is 12.9. The number of rotatable bonds is 10. The van der Waals surface area contributed by atoms with Crippen molar-refractivity contribution < 1.29 is 13.2 Å². The second kappa shape index (κ2) is 7.74. The molecule has 0 spiro atoms. The van der Waals surface area contributed by atoms with E-state index in [1.165, 1.54) is 0 Å². The summed E-state index contributed by atoms with van der Waals surface area (Å²) < 4.78 is 32.6. The average Bonchev–Trinajstić information content (AvgIpc) is 3.26. The number of sulfonamides is 1. The topological polar surface area (TPSA) is 93.4 Å². The van der Waals surface area contributed by atoms with Crippen molar-refractivity contribution >= 4 is 15.7 Å². The fourth-order valence-corrected chi connectivity index (χ4v) is 3.40. The van der Waals surface area contributed by atoms with E-state index in [9.17, 15) is 8.42 Å². The van der Waals surface area contributed by atoms with Gasteiger partial charge in [0.25, 0.3) is 0 Å². The molecule has 1 aliphatic carbocycles. The number of para-hydroxylation sites is 1. The number of nitrogens with one attached hydrogen (secondary N) is 2. The van der Waals surface area contributed by atoms with Crippen LogP contribution in [0.2, 0.25) is 0 Å². The maximum absolute atomic E-state index is 12.3. The highest BCUT2D eigenvalue weighted by Crippen LogP contribution is 2.25. The summed E-state index contributed by atoms with van der Waals surface area (Å²) in [5, 5.41) is 3.16. The Morgan fingerprint density at radius 1 is 1.24 bits per heavy atom. The second-order valence-electron chi connectivity index (χ2n) is 5.07. The number of ether oxygens (including phenoxy) is 1. The molecule has 1 aliphatic rings. The standard InChI is InChI=1S/C14H23N3O3S/c15-8-11-20-10-3-9-16-13-4-1-2-5-14(13)21(18,19)17-12-6-7-12/h1-2,4-5,12,16-17H,3,6-11,15H2. The molecule has 0 amide bonds. The van der Waals surface area contributed by atoms with Crippen molar-refractivity contribution in [1.82, 2.24) is 4.72 Å². The Bertz CT molecular complexity index is 544. The molecule has 1 fully saturated rings. The largest absolute Gasteiger partial charge is 0.384 e. The van der Waals surface area contributed by atoms with Crippen molar-refractivity contribution in [3.8, 4) is 0 Å². The molecule has 6 nitrogen and oxygen atoms in total. The van der Waals surface area contributed by atoms with E-state index < -0.39 is 10.0 Å². The number of nitrogens with two attached hydrogens (primary N) is 1. The summed E-state index contributed by atoms with van der Waals surface area (Å²) in [5.74, 6) is 0. The Balaban J connectivity index is 1.90. The van der Waals surface area contributed by atoms with Gasteiger partial charge in [0.2, 0.25) is 10.0 Å². The van der Waals surface area contributed by atoms with Crippen LogP contribution in [0.4, 0.5) is 5.69 Å². The molecular formula is C14H23N3O3S. The van der Waals surface area contributed by atoms with Crippen LogP contribution in [0.15, 0.2) is 29.2 Å². The van der Waals surface area contributed by atoms with E-state index in [2.05, 4.69) is 10.0 Å². The summed E-state index contributed by atoms with van der Waals surface area (Å²) in [6.45, 7) is 2.33. The van der Waals surface area contributed by atoms with Crippen molar-refractivity contribution in [2.24, 2.45) is 5.73 Å². The fourth-order valence-electron chi connectivity index (χ4n) is 1.91. The molecular weight excluding hydrogens is 290 g/mol. The first-order valence-electron chi connectivity index (χ1n) is 7.26. The third kappa shape index (κ3) is 5.28. The van der Waals surface area contributed by atoms with Crippen molar-refractivity contribution in [1.29, 1.82) is 0 Å². The lowest BCUT2D eigenvalue weighted by atomic mass is 10.3. The third-order valence-electron chi connectivity index (χ3n) is 3.12. The maximum Gasteiger partial charge on any atom is 0.242 e. The van der Waals surface area contributed by atoms with Crippen molar-refractivity contribution in [2.75, 3.05) is 31.6 Å². The molecule has 21 heavy (non-hydrogen) atoms. The van der Waals surface area contributed by atoms with Crippen molar-refractivity contribution in [3.63, 3.8) is 0 Å². The van der Waals surface area contributed by atoms with Crippen LogP contribution in [0, 0.1) is 0 Å². The minimum Gasteiger partial charge on any atom is -0.384 e. The zero-order valence-electron chi connectivity index (χ0n) is 12.0. The molecule has 1 aromatic carbocycles. The molecule has 1 saturated carbocycles. The molecule has 0 radical (unpaired) electrons. The van der Waals surface area contributed by atoms with Gasteiger partial charge in [-0.3, -0.25) is 0 Å². The molecule has 0 unspecified atom stereocenters. The lowest BCUT2D eigenvalue weighted by Crippen LogP contribution is -2.26. The van der Waals surface area contributed by atoms with Gasteiger partial charge in [0, 0.05) is 25.7 Å². The van der Waals surface area contributed by atoms with Crippen LogP contribution < -0.4 is 15.8 Å². The van der Waals surface area contributed by atoms with Gasteiger partial charge in [0.05, 0.1) is 12.3 Å². The maximum atomic E-state index is 12.3. The van der Waals surface area contributed by atoms with Crippen LogP contribution in [0.25, 0.3) is 0 Å². The first-order chi connectivity index (χ1) is 10.1. The first kappa shape index (κ1) is 16.2. The Kier molecular flexibility index (Phi) is 5.98. The highest BCUT2D eigenvalue weighted by Gasteiger charge is 2.29. The quantitative estimate of drug-likeness (QED) is 0.558. The van der Waals surface area contributed by atoms with E-state index in [-0.39, 0.29) is 6.04 Å². The van der Waals surface area contributed by atoms with Crippen LogP contribution in [0.3, 0.4) is 0 Å². The number of anilines is 1. The van der Waals surface area contributed by atoms with E-state index in [0.29, 0.717) is 36.9 Å². The Hall–Kier alpha value is -1.15. The highest BCUT2D eigenvalue weighted by molar-refractivity contribution is 7.89. The highest BCUT2D eigenvalue weighted by atomic mass is 32.2. The lowest BCUT2D eigenvalue weighted by Gasteiger charge is -2.13. The SMILES string of the molecule is NCCOCCCNc1ccccc1S(=O)(=O)NC1CC1. The van der Waals surface area contributed by atoms with Gasteiger partial charge in [-0.1, -0.05) is 12.1 Å². The van der Waals surface area contributed by atoms with Gasteiger partial charge in [0.1, 0.15) is 4.90 Å². The van der Waals surface area contributed by atoms with Crippen LogP contribution in [-0.4, -0.2) is 40.8 Å². The molecule has 0 saturated heterocycles. The number of hydrogen-bond donors (Lipinski definition) is 3. The minimum atomic E-state index is -3.44. The van der Waals surface area contributed by atoms with Crippen LogP contribution in [0.5, 0.6) is 0 Å². The summed E-state index contributed by atoms with van der Waals surface area (Å²) in [4.78, 5) is 0.305. The summed E-state index contributed by atoms with van der Waals surface area (Å²) in [6.07, 6.45) is 2.64. The molecule has 7 heteroatoms. The van der Waals surface area contributed by atoms with E-state index in [1.807, 2.05) is 6.07 Å². The molecule has 4 N–H and O–H groups in total. The summed E-state index contributed by atoms with van der Waals surface area (Å²) >= 11 is 0. The van der Waals surface area contributed by atoms with Crippen LogP contribution >= 0.6 is 0 Å². The summed E-state index contributed by atoms with van der Waals surface area (Å²) in [7, 11) is -3.44.